The Morgan fingerprint density at radius 3 is 2.86 bits per heavy atom. The maximum Gasteiger partial charge on any atom is 0.270 e. The first-order valence-electron chi connectivity index (χ1n) is 7.45. The summed E-state index contributed by atoms with van der Waals surface area (Å²) in [7, 11) is 0. The van der Waals surface area contributed by atoms with Crippen molar-refractivity contribution in [2.24, 2.45) is 0 Å². The van der Waals surface area contributed by atoms with Crippen molar-refractivity contribution in [1.82, 2.24) is 10.3 Å². The number of thiazole rings is 1. The van der Waals surface area contributed by atoms with E-state index >= 15 is 0 Å². The molecule has 5 heteroatoms. The monoisotopic (exact) mass is 318 g/mol. The number of aromatic nitrogens is 1. The topological polar surface area (TPSA) is 51.2 Å². The molecular weight excluding hydrogens is 296 g/mol. The van der Waals surface area contributed by atoms with Gasteiger partial charge >= 0.3 is 0 Å². The van der Waals surface area contributed by atoms with Crippen LogP contribution in [-0.2, 0) is 6.61 Å². The lowest BCUT2D eigenvalue weighted by Crippen LogP contribution is -2.32. The summed E-state index contributed by atoms with van der Waals surface area (Å²) < 4.78 is 5.79. The molecule has 1 aromatic carbocycles. The van der Waals surface area contributed by atoms with Crippen LogP contribution in [0.5, 0.6) is 5.75 Å². The molecule has 0 aliphatic heterocycles. The summed E-state index contributed by atoms with van der Waals surface area (Å²) in [5.74, 6) is 0.731. The molecule has 1 aromatic heterocycles. The predicted molar refractivity (Wildman–Crippen MR) is 89.6 cm³/mol. The minimum absolute atomic E-state index is 0.122. The molecule has 1 atom stereocenters. The molecule has 0 aliphatic rings. The van der Waals surface area contributed by atoms with E-state index in [1.165, 1.54) is 16.9 Å². The number of carbonyl (C=O) groups is 1. The first-order chi connectivity index (χ1) is 10.5. The van der Waals surface area contributed by atoms with Crippen molar-refractivity contribution in [2.45, 2.75) is 46.8 Å². The van der Waals surface area contributed by atoms with E-state index in [0.717, 1.165) is 22.7 Å². The van der Waals surface area contributed by atoms with Gasteiger partial charge in [-0.2, -0.15) is 0 Å². The normalized spacial score (nSPS) is 12.0. The second-order valence-electron chi connectivity index (χ2n) is 5.47. The second kappa shape index (κ2) is 7.40. The number of ether oxygens (including phenoxy) is 1. The summed E-state index contributed by atoms with van der Waals surface area (Å²) in [6, 6.07) is 6.23. The van der Waals surface area contributed by atoms with Gasteiger partial charge in [0.25, 0.3) is 5.91 Å². The third-order valence-electron chi connectivity index (χ3n) is 3.46. The number of nitrogens with zero attached hydrogens (tertiary/aromatic N) is 1. The number of amides is 1. The first-order valence-corrected chi connectivity index (χ1v) is 8.33. The molecule has 4 nitrogen and oxygen atoms in total. The van der Waals surface area contributed by atoms with E-state index in [2.05, 4.69) is 23.3 Å². The highest BCUT2D eigenvalue weighted by atomic mass is 32.1. The van der Waals surface area contributed by atoms with Gasteiger partial charge in [-0.15, -0.1) is 11.3 Å². The van der Waals surface area contributed by atoms with E-state index in [4.69, 9.17) is 4.74 Å². The average molecular weight is 318 g/mol. The van der Waals surface area contributed by atoms with E-state index in [0.29, 0.717) is 12.3 Å². The second-order valence-corrected chi connectivity index (χ2v) is 6.41. The smallest absolute Gasteiger partial charge is 0.270 e. The van der Waals surface area contributed by atoms with Crippen molar-refractivity contribution in [3.8, 4) is 5.75 Å². The third-order valence-corrected chi connectivity index (χ3v) is 4.28. The van der Waals surface area contributed by atoms with Crippen LogP contribution in [0, 0.1) is 13.8 Å². The number of benzene rings is 1. The van der Waals surface area contributed by atoms with Crippen molar-refractivity contribution >= 4 is 17.2 Å². The lowest BCUT2D eigenvalue weighted by atomic mass is 10.1. The molecule has 2 aromatic rings. The highest BCUT2D eigenvalue weighted by Gasteiger charge is 2.13. The Kier molecular flexibility index (Phi) is 5.55. The van der Waals surface area contributed by atoms with Crippen LogP contribution in [0.25, 0.3) is 0 Å². The van der Waals surface area contributed by atoms with Gasteiger partial charge in [-0.25, -0.2) is 4.98 Å². The Balaban J connectivity index is 1.96. The van der Waals surface area contributed by atoms with E-state index in [9.17, 15) is 4.79 Å². The highest BCUT2D eigenvalue weighted by molar-refractivity contribution is 7.09. The van der Waals surface area contributed by atoms with Crippen molar-refractivity contribution in [2.75, 3.05) is 0 Å². The Morgan fingerprint density at radius 1 is 1.41 bits per heavy atom. The molecule has 1 N–H and O–H groups in total. The van der Waals surface area contributed by atoms with Gasteiger partial charge in [0.05, 0.1) is 0 Å². The largest absolute Gasteiger partial charge is 0.486 e. The van der Waals surface area contributed by atoms with E-state index < -0.39 is 0 Å². The van der Waals surface area contributed by atoms with E-state index in [1.54, 1.807) is 5.38 Å². The fourth-order valence-electron chi connectivity index (χ4n) is 1.98. The summed E-state index contributed by atoms with van der Waals surface area (Å²) >= 11 is 1.44. The molecular formula is C17H22N2O2S. The molecule has 0 unspecified atom stereocenters. The summed E-state index contributed by atoms with van der Waals surface area (Å²) in [5, 5.41) is 5.49. The molecule has 0 saturated heterocycles. The molecule has 2 rings (SSSR count). The van der Waals surface area contributed by atoms with Gasteiger partial charge in [-0.05, 0) is 38.8 Å². The van der Waals surface area contributed by atoms with Crippen LogP contribution in [0.1, 0.15) is 46.9 Å². The number of nitrogens with one attached hydrogen (secondary N) is 1. The standard InChI is InChI=1S/C17H22N2O2S/c1-5-13(4)18-17(20)14-10-22-16(19-14)9-21-15-7-6-11(2)8-12(15)3/h6-8,10,13H,5,9H2,1-4H3,(H,18,20)/t13-/m0/s1. The summed E-state index contributed by atoms with van der Waals surface area (Å²) in [5.41, 5.74) is 2.78. The molecule has 0 aliphatic carbocycles. The van der Waals surface area contributed by atoms with Crippen LogP contribution in [0.4, 0.5) is 0 Å². The van der Waals surface area contributed by atoms with E-state index in [-0.39, 0.29) is 11.9 Å². The van der Waals surface area contributed by atoms with Gasteiger partial charge in [0.15, 0.2) is 0 Å². The lowest BCUT2D eigenvalue weighted by molar-refractivity contribution is 0.0934. The van der Waals surface area contributed by atoms with Crippen LogP contribution in [0.2, 0.25) is 0 Å². The number of carbonyl (C=O) groups excluding carboxylic acids is 1. The van der Waals surface area contributed by atoms with Crippen LogP contribution in [-0.4, -0.2) is 16.9 Å². The number of aryl methyl sites for hydroxylation is 2. The molecule has 1 heterocycles. The molecule has 118 valence electrons. The Labute approximate surface area is 135 Å². The Bertz CT molecular complexity index is 652. The van der Waals surface area contributed by atoms with Gasteiger partial charge in [-0.1, -0.05) is 24.6 Å². The third kappa shape index (κ3) is 4.31. The zero-order valence-corrected chi connectivity index (χ0v) is 14.3. The van der Waals surface area contributed by atoms with Crippen LogP contribution in [0.3, 0.4) is 0 Å². The minimum atomic E-state index is -0.122. The van der Waals surface area contributed by atoms with Gasteiger partial charge < -0.3 is 10.1 Å². The maximum absolute atomic E-state index is 12.0. The van der Waals surface area contributed by atoms with Gasteiger partial charge in [0, 0.05) is 11.4 Å². The van der Waals surface area contributed by atoms with Crippen molar-refractivity contribution < 1.29 is 9.53 Å². The SMILES string of the molecule is CC[C@H](C)NC(=O)c1csc(COc2ccc(C)cc2C)n1. The van der Waals surface area contributed by atoms with Gasteiger partial charge in [0.2, 0.25) is 0 Å². The van der Waals surface area contributed by atoms with Crippen molar-refractivity contribution in [1.29, 1.82) is 0 Å². The number of hydrogen-bond acceptors (Lipinski definition) is 4. The molecule has 0 spiro atoms. The zero-order valence-electron chi connectivity index (χ0n) is 13.5. The summed E-state index contributed by atoms with van der Waals surface area (Å²) in [4.78, 5) is 16.3. The van der Waals surface area contributed by atoms with Crippen molar-refractivity contribution in [3.05, 3.63) is 45.4 Å². The van der Waals surface area contributed by atoms with Crippen LogP contribution >= 0.6 is 11.3 Å². The van der Waals surface area contributed by atoms with Gasteiger partial charge in [0.1, 0.15) is 23.1 Å². The number of rotatable bonds is 6. The van der Waals surface area contributed by atoms with Crippen LogP contribution in [0.15, 0.2) is 23.6 Å². The van der Waals surface area contributed by atoms with Crippen LogP contribution < -0.4 is 10.1 Å². The van der Waals surface area contributed by atoms with E-state index in [1.807, 2.05) is 32.9 Å². The predicted octanol–water partition coefficient (Wildman–Crippen LogP) is 3.87. The first kappa shape index (κ1) is 16.5. The lowest BCUT2D eigenvalue weighted by Gasteiger charge is -2.09. The summed E-state index contributed by atoms with van der Waals surface area (Å²) in [6.07, 6.45) is 0.901. The Hall–Kier alpha value is -1.88. The maximum atomic E-state index is 12.0. The molecule has 0 saturated carbocycles. The quantitative estimate of drug-likeness (QED) is 0.879. The van der Waals surface area contributed by atoms with Gasteiger partial charge in [-0.3, -0.25) is 4.79 Å². The summed E-state index contributed by atoms with van der Waals surface area (Å²) in [6.45, 7) is 8.48. The fourth-order valence-corrected chi connectivity index (χ4v) is 2.67. The zero-order chi connectivity index (χ0) is 16.1. The molecule has 0 radical (unpaired) electrons. The van der Waals surface area contributed by atoms with Crippen molar-refractivity contribution in [3.63, 3.8) is 0 Å². The Morgan fingerprint density at radius 2 is 2.18 bits per heavy atom. The fraction of sp³-hybridized carbons (Fsp3) is 0.412. The molecule has 0 bridgehead atoms. The number of hydrogen-bond donors (Lipinski definition) is 1. The molecule has 22 heavy (non-hydrogen) atoms. The average Bonchev–Trinajstić information content (AvgIpc) is 2.95. The molecule has 1 amide bonds. The highest BCUT2D eigenvalue weighted by Crippen LogP contribution is 2.21. The minimum Gasteiger partial charge on any atom is -0.486 e. The molecule has 0 fully saturated rings.